The van der Waals surface area contributed by atoms with Gasteiger partial charge in [0.05, 0.1) is 39.6 Å². The molecule has 1 aromatic rings. The van der Waals surface area contributed by atoms with E-state index in [0.717, 1.165) is 16.8 Å². The van der Waals surface area contributed by atoms with Crippen molar-refractivity contribution in [2.45, 2.75) is 85.4 Å². The van der Waals surface area contributed by atoms with Crippen molar-refractivity contribution in [3.63, 3.8) is 0 Å². The molecule has 206 valence electrons. The standard InChI is InChI=1S/C14H19N3O.C12H23NO3S.C2H2/c1-8(2)11-5-10(7-15)6-12(9(3)4)13(11)17-14(16)18;1-9(11(2,3)14)8-10(12(4,5)15)6-7-17(13)16;1-2/h5-6,8-9H,1-4H3,(H3,16,17,18);6,8,14-15H,7,13H2,1-5H3;1-2H/b;9-8+,10-6+;. The van der Waals surface area contributed by atoms with Crippen LogP contribution in [0.3, 0.4) is 0 Å². The molecule has 1 rings (SSSR count). The molecule has 0 aliphatic carbocycles. The number of anilines is 1. The molecule has 7 N–H and O–H groups in total. The molecule has 1 atom stereocenters. The fraction of sp³-hybridized carbons (Fsp3) is 0.500. The second-order valence-corrected chi connectivity index (χ2v) is 11.2. The summed E-state index contributed by atoms with van der Waals surface area (Å²) in [5.41, 5.74) is 7.75. The van der Waals surface area contributed by atoms with Gasteiger partial charge in [-0.15, -0.1) is 12.8 Å². The highest BCUT2D eigenvalue weighted by atomic mass is 32.2. The van der Waals surface area contributed by atoms with Crippen LogP contribution in [0.5, 0.6) is 0 Å². The van der Waals surface area contributed by atoms with Crippen molar-refractivity contribution in [3.05, 3.63) is 52.1 Å². The van der Waals surface area contributed by atoms with E-state index in [1.54, 1.807) is 46.8 Å². The van der Waals surface area contributed by atoms with Gasteiger partial charge in [0.1, 0.15) is 0 Å². The molecule has 0 aliphatic rings. The third-order valence-electron chi connectivity index (χ3n) is 5.33. The number of carbonyl (C=O) groups excluding carboxylic acids is 1. The van der Waals surface area contributed by atoms with Crippen LogP contribution in [0.15, 0.2) is 35.4 Å². The molecule has 0 saturated heterocycles. The fourth-order valence-electron chi connectivity index (χ4n) is 3.00. The lowest BCUT2D eigenvalue weighted by Crippen LogP contribution is -2.25. The third-order valence-corrected chi connectivity index (χ3v) is 5.83. The number of rotatable bonds is 8. The molecule has 0 saturated carbocycles. The van der Waals surface area contributed by atoms with Gasteiger partial charge in [0.15, 0.2) is 0 Å². The van der Waals surface area contributed by atoms with E-state index in [9.17, 15) is 19.2 Å². The lowest BCUT2D eigenvalue weighted by Gasteiger charge is -2.23. The lowest BCUT2D eigenvalue weighted by molar-refractivity contribution is 0.115. The highest BCUT2D eigenvalue weighted by Gasteiger charge is 2.21. The minimum Gasteiger partial charge on any atom is -0.386 e. The number of nitrogens with zero attached hydrogens (tertiary/aromatic N) is 1. The SMILES string of the molecule is C#C.C/C(=C\C(=C/CS(N)=O)C(C)(C)O)C(C)(C)O.CC(C)c1cc(C#N)cc(C(C)C)c1NC(N)=O. The molecule has 0 aliphatic heterocycles. The second kappa shape index (κ2) is 16.0. The van der Waals surface area contributed by atoms with Gasteiger partial charge in [-0.2, -0.15) is 5.26 Å². The summed E-state index contributed by atoms with van der Waals surface area (Å²) < 4.78 is 10.9. The number of nitrogens with two attached hydrogens (primary N) is 2. The molecular weight excluding hydrogens is 488 g/mol. The molecule has 0 radical (unpaired) electrons. The molecule has 37 heavy (non-hydrogen) atoms. The Morgan fingerprint density at radius 2 is 1.54 bits per heavy atom. The molecule has 9 heteroatoms. The van der Waals surface area contributed by atoms with Gasteiger partial charge in [-0.25, -0.2) is 9.00 Å². The first-order valence-corrected chi connectivity index (χ1v) is 13.1. The van der Waals surface area contributed by atoms with Crippen LogP contribution in [0.2, 0.25) is 0 Å². The van der Waals surface area contributed by atoms with E-state index in [1.807, 2.05) is 39.8 Å². The number of hydrogen-bond donors (Lipinski definition) is 5. The van der Waals surface area contributed by atoms with E-state index in [1.165, 1.54) is 0 Å². The summed E-state index contributed by atoms with van der Waals surface area (Å²) >= 11 is 0. The summed E-state index contributed by atoms with van der Waals surface area (Å²) in [5, 5.41) is 36.7. The first kappa shape index (κ1) is 36.2. The Bertz CT molecular complexity index is 1020. The van der Waals surface area contributed by atoms with Gasteiger partial charge in [-0.3, -0.25) is 5.14 Å². The number of hydrogen-bond acceptors (Lipinski definition) is 5. The maximum atomic E-state index is 11.1. The smallest absolute Gasteiger partial charge is 0.316 e. The number of benzene rings is 1. The maximum Gasteiger partial charge on any atom is 0.316 e. The summed E-state index contributed by atoms with van der Waals surface area (Å²) in [5.74, 6) is 0.588. The third kappa shape index (κ3) is 13.8. The molecule has 2 amide bonds. The molecule has 0 aromatic heterocycles. The number of nitriles is 1. The van der Waals surface area contributed by atoms with E-state index in [0.29, 0.717) is 16.7 Å². The molecule has 1 unspecified atom stereocenters. The van der Waals surface area contributed by atoms with Crippen LogP contribution in [-0.4, -0.2) is 37.4 Å². The van der Waals surface area contributed by atoms with Gasteiger partial charge < -0.3 is 21.3 Å². The van der Waals surface area contributed by atoms with E-state index in [4.69, 9.17) is 16.1 Å². The van der Waals surface area contributed by atoms with Crippen molar-refractivity contribution in [2.24, 2.45) is 10.9 Å². The summed E-state index contributed by atoms with van der Waals surface area (Å²) in [6.45, 7) is 16.5. The zero-order valence-corrected chi connectivity index (χ0v) is 24.4. The topological polar surface area (TPSA) is 162 Å². The number of aliphatic hydroxyl groups is 2. The predicted octanol–water partition coefficient (Wildman–Crippen LogP) is 4.57. The molecule has 0 bridgehead atoms. The molecular formula is C28H44N4O4S. The van der Waals surface area contributed by atoms with Gasteiger partial charge in [0.25, 0.3) is 0 Å². The van der Waals surface area contributed by atoms with Gasteiger partial charge in [-0.1, -0.05) is 39.8 Å². The first-order chi connectivity index (χ1) is 16.8. The van der Waals surface area contributed by atoms with Crippen LogP contribution in [0.25, 0.3) is 0 Å². The van der Waals surface area contributed by atoms with Crippen LogP contribution in [0.1, 0.15) is 90.8 Å². The number of terminal acetylenes is 1. The molecule has 0 heterocycles. The second-order valence-electron chi connectivity index (χ2n) is 10.1. The largest absolute Gasteiger partial charge is 0.386 e. The normalized spacial score (nSPS) is 13.1. The van der Waals surface area contributed by atoms with Crippen LogP contribution in [0, 0.1) is 24.2 Å². The Kier molecular flexibility index (Phi) is 15.7. The van der Waals surface area contributed by atoms with Crippen molar-refractivity contribution in [1.29, 1.82) is 5.26 Å². The van der Waals surface area contributed by atoms with Crippen LogP contribution in [-0.2, 0) is 11.0 Å². The zero-order chi connectivity index (χ0) is 29.7. The van der Waals surface area contributed by atoms with E-state index < -0.39 is 28.2 Å². The van der Waals surface area contributed by atoms with Gasteiger partial charge in [0.2, 0.25) is 0 Å². The summed E-state index contributed by atoms with van der Waals surface area (Å²) in [6, 6.07) is 5.19. The molecule has 8 nitrogen and oxygen atoms in total. The lowest BCUT2D eigenvalue weighted by atomic mass is 9.90. The van der Waals surface area contributed by atoms with Crippen molar-refractivity contribution in [2.75, 3.05) is 11.1 Å². The van der Waals surface area contributed by atoms with E-state index >= 15 is 0 Å². The summed E-state index contributed by atoms with van der Waals surface area (Å²) in [7, 11) is -1.44. The predicted molar refractivity (Wildman–Crippen MR) is 154 cm³/mol. The van der Waals surface area contributed by atoms with Crippen LogP contribution < -0.4 is 16.2 Å². The number of carbonyl (C=O) groups is 1. The minimum atomic E-state index is -1.44. The van der Waals surface area contributed by atoms with Crippen molar-refractivity contribution < 1.29 is 19.2 Å². The number of nitrogens with one attached hydrogen (secondary N) is 1. The molecule has 1 aromatic carbocycles. The van der Waals surface area contributed by atoms with Crippen LogP contribution in [0.4, 0.5) is 10.5 Å². The fourth-order valence-corrected chi connectivity index (χ4v) is 3.34. The highest BCUT2D eigenvalue weighted by molar-refractivity contribution is 7.82. The maximum absolute atomic E-state index is 11.1. The minimum absolute atomic E-state index is 0.176. The Morgan fingerprint density at radius 3 is 1.81 bits per heavy atom. The van der Waals surface area contributed by atoms with E-state index in [2.05, 4.69) is 24.2 Å². The Morgan fingerprint density at radius 1 is 1.11 bits per heavy atom. The van der Waals surface area contributed by atoms with Crippen molar-refractivity contribution in [3.8, 4) is 18.9 Å². The van der Waals surface area contributed by atoms with Gasteiger partial charge in [0, 0.05) is 5.69 Å². The number of urea groups is 1. The van der Waals surface area contributed by atoms with Gasteiger partial charge >= 0.3 is 6.03 Å². The quantitative estimate of drug-likeness (QED) is 0.244. The Hall–Kier alpha value is -2.95. The highest BCUT2D eigenvalue weighted by Crippen LogP contribution is 2.33. The summed E-state index contributed by atoms with van der Waals surface area (Å²) in [6.07, 6.45) is 11.3. The number of primary amides is 1. The Labute approximate surface area is 225 Å². The first-order valence-electron chi connectivity index (χ1n) is 11.8. The average molecular weight is 533 g/mol. The van der Waals surface area contributed by atoms with Crippen molar-refractivity contribution in [1.82, 2.24) is 0 Å². The van der Waals surface area contributed by atoms with Crippen LogP contribution >= 0.6 is 0 Å². The number of amides is 2. The molecule has 0 fully saturated rings. The van der Waals surface area contributed by atoms with E-state index in [-0.39, 0.29) is 17.6 Å². The van der Waals surface area contributed by atoms with Gasteiger partial charge in [-0.05, 0) is 80.9 Å². The van der Waals surface area contributed by atoms with Crippen molar-refractivity contribution >= 4 is 22.7 Å². The Balaban J connectivity index is 0. The summed E-state index contributed by atoms with van der Waals surface area (Å²) in [4.78, 5) is 11.1. The monoisotopic (exact) mass is 532 g/mol. The molecule has 0 spiro atoms. The zero-order valence-electron chi connectivity index (χ0n) is 23.5. The average Bonchev–Trinajstić information content (AvgIpc) is 2.75.